The summed E-state index contributed by atoms with van der Waals surface area (Å²) in [7, 11) is 0. The fourth-order valence-corrected chi connectivity index (χ4v) is 6.35. The van der Waals surface area contributed by atoms with E-state index in [4.69, 9.17) is 28.4 Å². The third-order valence-corrected chi connectivity index (χ3v) is 9.28. The van der Waals surface area contributed by atoms with Gasteiger partial charge in [0.1, 0.15) is 25.4 Å². The molecule has 56 heavy (non-hydrogen) atoms. The molecule has 3 amide bonds. The number of rotatable bonds is 27. The van der Waals surface area contributed by atoms with E-state index in [9.17, 15) is 24.3 Å². The van der Waals surface area contributed by atoms with Crippen LogP contribution in [0.25, 0.3) is 11.1 Å². The van der Waals surface area contributed by atoms with Crippen LogP contribution in [0.2, 0.25) is 0 Å². The molecule has 14 nitrogen and oxygen atoms in total. The quantitative estimate of drug-likeness (QED) is 0.0755. The summed E-state index contributed by atoms with van der Waals surface area (Å²) < 4.78 is 33.0. The maximum absolute atomic E-state index is 12.6. The summed E-state index contributed by atoms with van der Waals surface area (Å²) in [6, 6.07) is 14.9. The largest absolute Gasteiger partial charge is 0.480 e. The van der Waals surface area contributed by atoms with Crippen molar-refractivity contribution in [2.75, 3.05) is 79.2 Å². The van der Waals surface area contributed by atoms with Crippen molar-refractivity contribution in [3.05, 3.63) is 59.7 Å². The van der Waals surface area contributed by atoms with E-state index in [2.05, 4.69) is 27.8 Å². The Hall–Kier alpha value is -4.52. The van der Waals surface area contributed by atoms with Gasteiger partial charge in [-0.15, -0.1) is 5.92 Å². The summed E-state index contributed by atoms with van der Waals surface area (Å²) in [5.41, 5.74) is 4.37. The number of nitrogens with one attached hydrogen (secondary N) is 3. The monoisotopic (exact) mass is 779 g/mol. The predicted molar refractivity (Wildman–Crippen MR) is 208 cm³/mol. The Morgan fingerprint density at radius 2 is 1.36 bits per heavy atom. The zero-order valence-corrected chi connectivity index (χ0v) is 32.2. The van der Waals surface area contributed by atoms with Crippen LogP contribution in [0.3, 0.4) is 0 Å². The highest BCUT2D eigenvalue weighted by Crippen LogP contribution is 2.44. The average Bonchev–Trinajstić information content (AvgIpc) is 3.50. The third-order valence-electron chi connectivity index (χ3n) is 9.28. The highest BCUT2D eigenvalue weighted by atomic mass is 16.6. The maximum Gasteiger partial charge on any atom is 0.407 e. The molecule has 0 saturated carbocycles. The number of carboxylic acid groups (broad SMARTS) is 1. The van der Waals surface area contributed by atoms with Crippen LogP contribution >= 0.6 is 0 Å². The van der Waals surface area contributed by atoms with E-state index in [1.807, 2.05) is 48.5 Å². The molecule has 0 radical (unpaired) electrons. The van der Waals surface area contributed by atoms with Gasteiger partial charge in [-0.2, -0.15) is 0 Å². The molecule has 14 heteroatoms. The molecule has 0 heterocycles. The van der Waals surface area contributed by atoms with Gasteiger partial charge in [-0.1, -0.05) is 60.9 Å². The smallest absolute Gasteiger partial charge is 0.407 e. The average molecular weight is 780 g/mol. The van der Waals surface area contributed by atoms with Crippen molar-refractivity contribution >= 4 is 23.9 Å². The normalized spacial score (nSPS) is 15.2. The zero-order chi connectivity index (χ0) is 39.6. The van der Waals surface area contributed by atoms with Crippen molar-refractivity contribution in [1.29, 1.82) is 0 Å². The zero-order valence-electron chi connectivity index (χ0n) is 32.2. The molecule has 2 aromatic carbocycles. The number of ether oxygens (including phenoxy) is 6. The molecule has 0 fully saturated rings. The summed E-state index contributed by atoms with van der Waals surface area (Å²) in [5, 5.41) is 17.7. The van der Waals surface area contributed by atoms with Gasteiger partial charge >= 0.3 is 12.1 Å². The highest BCUT2D eigenvalue weighted by Gasteiger charge is 2.29. The highest BCUT2D eigenvalue weighted by molar-refractivity contribution is 5.81. The molecule has 1 unspecified atom stereocenters. The topological polar surface area (TPSA) is 180 Å². The van der Waals surface area contributed by atoms with Gasteiger partial charge in [0.05, 0.1) is 52.9 Å². The summed E-state index contributed by atoms with van der Waals surface area (Å²) >= 11 is 0. The lowest BCUT2D eigenvalue weighted by Gasteiger charge is -2.17. The Morgan fingerprint density at radius 3 is 2.04 bits per heavy atom. The molecule has 4 rings (SSSR count). The third kappa shape index (κ3) is 16.7. The van der Waals surface area contributed by atoms with Crippen molar-refractivity contribution < 1.29 is 52.7 Å². The van der Waals surface area contributed by atoms with Gasteiger partial charge in [-0.25, -0.2) is 9.59 Å². The van der Waals surface area contributed by atoms with Gasteiger partial charge in [-0.05, 0) is 60.8 Å². The number of amides is 3. The van der Waals surface area contributed by atoms with E-state index >= 15 is 0 Å². The van der Waals surface area contributed by atoms with Crippen molar-refractivity contribution in [1.82, 2.24) is 16.0 Å². The Balaban J connectivity index is 0.904. The minimum absolute atomic E-state index is 0.000751. The first kappa shape index (κ1) is 44.2. The fourth-order valence-electron chi connectivity index (χ4n) is 6.35. The first-order valence-corrected chi connectivity index (χ1v) is 19.7. The lowest BCUT2D eigenvalue weighted by molar-refractivity contribution is -0.139. The molecule has 2 atom stereocenters. The van der Waals surface area contributed by atoms with Crippen LogP contribution in [-0.2, 0) is 42.8 Å². The molecule has 0 spiro atoms. The van der Waals surface area contributed by atoms with Crippen LogP contribution in [0.1, 0.15) is 74.8 Å². The van der Waals surface area contributed by atoms with Gasteiger partial charge in [0.15, 0.2) is 0 Å². The van der Waals surface area contributed by atoms with Crippen LogP contribution in [0.15, 0.2) is 48.5 Å². The van der Waals surface area contributed by atoms with Crippen LogP contribution < -0.4 is 16.0 Å². The van der Waals surface area contributed by atoms with Crippen molar-refractivity contribution in [3.63, 3.8) is 0 Å². The summed E-state index contributed by atoms with van der Waals surface area (Å²) in [6.45, 7) is 3.82. The molecule has 306 valence electrons. The summed E-state index contributed by atoms with van der Waals surface area (Å²) in [6.07, 6.45) is 5.60. The summed E-state index contributed by atoms with van der Waals surface area (Å²) in [4.78, 5) is 48.4. The number of carbonyl (C=O) groups excluding carboxylic acids is 3. The Kier molecular flexibility index (Phi) is 20.8. The van der Waals surface area contributed by atoms with Gasteiger partial charge in [0.25, 0.3) is 0 Å². The van der Waals surface area contributed by atoms with Crippen LogP contribution in [0.5, 0.6) is 0 Å². The van der Waals surface area contributed by atoms with Gasteiger partial charge in [0, 0.05) is 31.8 Å². The Bertz CT molecular complexity index is 1530. The van der Waals surface area contributed by atoms with Crippen LogP contribution in [-0.4, -0.2) is 120 Å². The van der Waals surface area contributed by atoms with E-state index in [1.54, 1.807) is 0 Å². The molecule has 2 aromatic rings. The van der Waals surface area contributed by atoms with E-state index < -0.39 is 18.1 Å². The second-order valence-electron chi connectivity index (χ2n) is 13.5. The number of carboxylic acids is 1. The van der Waals surface area contributed by atoms with Crippen LogP contribution in [0, 0.1) is 11.8 Å². The minimum atomic E-state index is -1.14. The molecule has 0 aliphatic heterocycles. The molecule has 0 saturated heterocycles. The number of alkyl carbamates (subject to hydrolysis) is 1. The summed E-state index contributed by atoms with van der Waals surface area (Å²) in [5.74, 6) is 4.58. The van der Waals surface area contributed by atoms with E-state index in [0.717, 1.165) is 54.4 Å². The number of hydrogen-bond acceptors (Lipinski definition) is 10. The van der Waals surface area contributed by atoms with E-state index in [1.165, 1.54) is 0 Å². The number of hydrogen-bond donors (Lipinski definition) is 4. The first-order valence-electron chi connectivity index (χ1n) is 19.7. The number of aliphatic carboxylic acids is 1. The standard InChI is InChI=1S/C42H57N3O11/c46-39(19-22-51-24-26-53-28-29-54-27-25-52-23-21-44-40(47)31-55-32-12-4-2-1-3-5-13-32)43-20-11-10-18-38(41(48)49)45-42(50)56-30-37-35-16-8-6-14-33(35)34-15-7-9-17-36(34)37/h6-9,14-17,32,37-38H,1-4,10-12,18-31H2,(H,43,46)(H,44,47)(H,45,50)(H,48,49)/t32?,38-/m1/s1. The molecule has 0 bridgehead atoms. The number of benzene rings is 2. The minimum Gasteiger partial charge on any atom is -0.480 e. The SMILES string of the molecule is O=C(CCOCCOCCOCCOCCNC(=O)COC1C#CCCCCC1)NCCCC[C@@H](NC(=O)OCC1c2ccccc2-c2ccccc21)C(=O)O. The lowest BCUT2D eigenvalue weighted by atomic mass is 9.98. The first-order chi connectivity index (χ1) is 27.4. The fraction of sp³-hybridized carbons (Fsp3) is 0.571. The maximum atomic E-state index is 12.6. The Labute approximate surface area is 329 Å². The second kappa shape index (κ2) is 26.4. The molecule has 2 aliphatic rings. The van der Waals surface area contributed by atoms with Crippen LogP contribution in [0.4, 0.5) is 4.79 Å². The second-order valence-corrected chi connectivity index (χ2v) is 13.5. The number of carbonyl (C=O) groups is 4. The molecular weight excluding hydrogens is 722 g/mol. The molecular formula is C42H57N3O11. The van der Waals surface area contributed by atoms with Crippen molar-refractivity contribution in [2.45, 2.75) is 75.9 Å². The lowest BCUT2D eigenvalue weighted by Crippen LogP contribution is -2.41. The van der Waals surface area contributed by atoms with Gasteiger partial charge in [0.2, 0.25) is 11.8 Å². The number of fused-ring (bicyclic) bond motifs is 3. The molecule has 2 aliphatic carbocycles. The molecule has 4 N–H and O–H groups in total. The number of unbranched alkanes of at least 4 members (excludes halogenated alkanes) is 1. The van der Waals surface area contributed by atoms with E-state index in [-0.39, 0.29) is 56.5 Å². The van der Waals surface area contributed by atoms with Gasteiger partial charge in [-0.3, -0.25) is 9.59 Å². The Morgan fingerprint density at radius 1 is 0.732 bits per heavy atom. The molecule has 0 aromatic heterocycles. The van der Waals surface area contributed by atoms with Crippen molar-refractivity contribution in [3.8, 4) is 23.0 Å². The predicted octanol–water partition coefficient (Wildman–Crippen LogP) is 4.19. The van der Waals surface area contributed by atoms with Gasteiger partial charge < -0.3 is 49.5 Å². The van der Waals surface area contributed by atoms with E-state index in [0.29, 0.717) is 72.2 Å². The van der Waals surface area contributed by atoms with Crippen molar-refractivity contribution in [2.24, 2.45) is 0 Å².